The lowest BCUT2D eigenvalue weighted by Gasteiger charge is -2.47. The van der Waals surface area contributed by atoms with E-state index in [2.05, 4.69) is 204 Å². The lowest BCUT2D eigenvalue weighted by atomic mass is 9.58. The Hall–Kier alpha value is -5.08. The molecule has 0 bridgehead atoms. The molecule has 2 heteroatoms. The molecule has 0 amide bonds. The fourth-order valence-electron chi connectivity index (χ4n) is 8.44. The van der Waals surface area contributed by atoms with Gasteiger partial charge in [0.2, 0.25) is 0 Å². The largest absolute Gasteiger partial charge is 0.310 e. The lowest BCUT2D eigenvalue weighted by Crippen LogP contribution is -2.38. The van der Waals surface area contributed by atoms with Gasteiger partial charge in [-0.3, -0.25) is 0 Å². The maximum Gasteiger partial charge on any atom is 0.0502 e. The van der Waals surface area contributed by atoms with Crippen LogP contribution in [-0.4, -0.2) is 0 Å². The van der Waals surface area contributed by atoms with Gasteiger partial charge in [-0.15, -0.1) is 0 Å². The average molecular weight is 683 g/mol. The van der Waals surface area contributed by atoms with Crippen LogP contribution in [0.15, 0.2) is 146 Å². The molecule has 0 saturated heterocycles. The van der Waals surface area contributed by atoms with Gasteiger partial charge in [-0.25, -0.2) is 0 Å². The number of benzene rings is 6. The monoisotopic (exact) mass is 682 g/mol. The topological polar surface area (TPSA) is 6.48 Å². The number of anilines is 6. The molecule has 1 aliphatic rings. The number of aryl methyl sites for hydroxylation is 4. The fraction of sp³-hybridized carbons (Fsp3) is 0.280. The van der Waals surface area contributed by atoms with Crippen LogP contribution >= 0.6 is 0 Å². The summed E-state index contributed by atoms with van der Waals surface area (Å²) >= 11 is 0. The normalized spacial score (nSPS) is 14.6. The lowest BCUT2D eigenvalue weighted by molar-refractivity contribution is 0.146. The maximum atomic E-state index is 2.49. The first-order valence-corrected chi connectivity index (χ1v) is 19.1. The molecule has 0 aliphatic heterocycles. The van der Waals surface area contributed by atoms with Gasteiger partial charge in [0.15, 0.2) is 0 Å². The van der Waals surface area contributed by atoms with Gasteiger partial charge in [0.05, 0.1) is 11.4 Å². The Morgan fingerprint density at radius 1 is 0.423 bits per heavy atom. The maximum absolute atomic E-state index is 2.49. The summed E-state index contributed by atoms with van der Waals surface area (Å²) in [6, 6.07) is 54.6. The van der Waals surface area contributed by atoms with Gasteiger partial charge >= 0.3 is 0 Å². The van der Waals surface area contributed by atoms with Gasteiger partial charge in [-0.1, -0.05) is 128 Å². The number of hydrogen-bond acceptors (Lipinski definition) is 2. The SMILES string of the molecule is Cc1ccc(N(c2ccc(C)cc2)c2ccccc2C2(c3ccccc3N(c3ccc(C)cc3)c3ccc(C)cc3)CCC(C(C)(C)C)CC2)cc1. The van der Waals surface area contributed by atoms with Crippen LogP contribution in [0.2, 0.25) is 0 Å². The predicted molar refractivity (Wildman–Crippen MR) is 223 cm³/mol. The zero-order chi connectivity index (χ0) is 36.5. The first kappa shape index (κ1) is 35.3. The molecule has 6 aromatic carbocycles. The summed E-state index contributed by atoms with van der Waals surface area (Å²) in [7, 11) is 0. The van der Waals surface area contributed by atoms with E-state index in [0.717, 1.165) is 12.8 Å². The van der Waals surface area contributed by atoms with E-state index in [9.17, 15) is 0 Å². The highest BCUT2D eigenvalue weighted by Gasteiger charge is 2.44. The zero-order valence-corrected chi connectivity index (χ0v) is 32.2. The van der Waals surface area contributed by atoms with Crippen molar-refractivity contribution in [3.63, 3.8) is 0 Å². The Bertz CT molecular complexity index is 1860. The van der Waals surface area contributed by atoms with E-state index in [4.69, 9.17) is 0 Å². The van der Waals surface area contributed by atoms with Crippen LogP contribution in [0.4, 0.5) is 34.1 Å². The minimum atomic E-state index is -0.226. The van der Waals surface area contributed by atoms with E-state index in [1.54, 1.807) is 0 Å². The molecule has 264 valence electrons. The Balaban J connectivity index is 1.49. The first-order valence-electron chi connectivity index (χ1n) is 19.1. The third kappa shape index (κ3) is 7.04. The van der Waals surface area contributed by atoms with Gasteiger partial charge in [-0.05, 0) is 137 Å². The van der Waals surface area contributed by atoms with Gasteiger partial charge in [-0.2, -0.15) is 0 Å². The Labute approximate surface area is 312 Å². The summed E-state index contributed by atoms with van der Waals surface area (Å²) < 4.78 is 0. The van der Waals surface area contributed by atoms with Crippen molar-refractivity contribution >= 4 is 34.1 Å². The first-order chi connectivity index (χ1) is 25.0. The van der Waals surface area contributed by atoms with Crippen LogP contribution in [0.5, 0.6) is 0 Å². The van der Waals surface area contributed by atoms with Crippen molar-refractivity contribution in [2.75, 3.05) is 9.80 Å². The molecule has 52 heavy (non-hydrogen) atoms. The van der Waals surface area contributed by atoms with E-state index >= 15 is 0 Å². The number of rotatable bonds is 8. The van der Waals surface area contributed by atoms with Gasteiger partial charge in [0.25, 0.3) is 0 Å². The third-order valence-electron chi connectivity index (χ3n) is 11.6. The molecular weight excluding hydrogens is 629 g/mol. The molecule has 0 heterocycles. The molecule has 2 nitrogen and oxygen atoms in total. The fourth-order valence-corrected chi connectivity index (χ4v) is 8.44. The summed E-state index contributed by atoms with van der Waals surface area (Å²) in [5, 5.41) is 0. The van der Waals surface area contributed by atoms with E-state index in [1.807, 2.05) is 0 Å². The van der Waals surface area contributed by atoms with Gasteiger partial charge in [0, 0.05) is 28.2 Å². The highest BCUT2D eigenvalue weighted by atomic mass is 15.2. The average Bonchev–Trinajstić information content (AvgIpc) is 3.15. The van der Waals surface area contributed by atoms with Crippen molar-refractivity contribution in [2.24, 2.45) is 11.3 Å². The zero-order valence-electron chi connectivity index (χ0n) is 32.2. The van der Waals surface area contributed by atoms with Crippen LogP contribution in [0.1, 0.15) is 79.8 Å². The van der Waals surface area contributed by atoms with Crippen LogP contribution in [0, 0.1) is 39.0 Å². The van der Waals surface area contributed by atoms with Crippen molar-refractivity contribution in [3.8, 4) is 0 Å². The predicted octanol–water partition coefficient (Wildman–Crippen LogP) is 14.4. The second kappa shape index (κ2) is 14.5. The molecule has 6 aromatic rings. The Morgan fingerprint density at radius 3 is 1.00 bits per heavy atom. The molecule has 0 unspecified atom stereocenters. The molecule has 1 saturated carbocycles. The van der Waals surface area contributed by atoms with E-state index < -0.39 is 0 Å². The van der Waals surface area contributed by atoms with E-state index in [-0.39, 0.29) is 10.8 Å². The van der Waals surface area contributed by atoms with Crippen molar-refractivity contribution in [1.29, 1.82) is 0 Å². The minimum absolute atomic E-state index is 0.226. The van der Waals surface area contributed by atoms with Crippen LogP contribution in [0.3, 0.4) is 0 Å². The second-order valence-electron chi connectivity index (χ2n) is 16.3. The molecule has 1 fully saturated rings. The van der Waals surface area contributed by atoms with Gasteiger partial charge < -0.3 is 9.80 Å². The van der Waals surface area contributed by atoms with Crippen molar-refractivity contribution in [1.82, 2.24) is 0 Å². The molecule has 0 atom stereocenters. The number of para-hydroxylation sites is 2. The standard InChI is InChI=1S/C50H54N2/c1-36-16-24-41(25-17-36)51(42-26-18-37(2)19-27-42)47-14-10-8-12-45(47)50(34-32-40(33-35-50)49(5,6)7)46-13-9-11-15-48(46)52(43-28-20-38(3)21-29-43)44-30-22-39(4)23-31-44/h8-31,40H,32-35H2,1-7H3. The molecule has 0 N–H and O–H groups in total. The summed E-state index contributed by atoms with van der Waals surface area (Å²) in [6.45, 7) is 16.0. The molecule has 0 spiro atoms. The highest BCUT2D eigenvalue weighted by Crippen LogP contribution is 2.56. The molecule has 1 aliphatic carbocycles. The highest BCUT2D eigenvalue weighted by molar-refractivity contribution is 5.83. The summed E-state index contributed by atoms with van der Waals surface area (Å²) in [4.78, 5) is 4.98. The minimum Gasteiger partial charge on any atom is -0.310 e. The number of nitrogens with zero attached hydrogens (tertiary/aromatic N) is 2. The third-order valence-corrected chi connectivity index (χ3v) is 11.6. The van der Waals surface area contributed by atoms with Gasteiger partial charge in [0.1, 0.15) is 0 Å². The van der Waals surface area contributed by atoms with Crippen LogP contribution < -0.4 is 9.80 Å². The Morgan fingerprint density at radius 2 is 0.712 bits per heavy atom. The second-order valence-corrected chi connectivity index (χ2v) is 16.3. The molecule has 0 aromatic heterocycles. The van der Waals surface area contributed by atoms with E-state index in [0.29, 0.717) is 5.92 Å². The van der Waals surface area contributed by atoms with Crippen LogP contribution in [-0.2, 0) is 5.41 Å². The quantitative estimate of drug-likeness (QED) is 0.158. The van der Waals surface area contributed by atoms with Crippen LogP contribution in [0.25, 0.3) is 0 Å². The molecule has 7 rings (SSSR count). The molecular formula is C50H54N2. The molecule has 0 radical (unpaired) electrons. The van der Waals surface area contributed by atoms with E-state index in [1.165, 1.54) is 80.3 Å². The van der Waals surface area contributed by atoms with Crippen molar-refractivity contribution in [3.05, 3.63) is 179 Å². The summed E-state index contributed by atoms with van der Waals surface area (Å²) in [6.07, 6.45) is 4.51. The summed E-state index contributed by atoms with van der Waals surface area (Å²) in [5.74, 6) is 0.663. The van der Waals surface area contributed by atoms with Crippen molar-refractivity contribution < 1.29 is 0 Å². The summed E-state index contributed by atoms with van der Waals surface area (Å²) in [5.41, 5.74) is 15.1. The Kier molecular flexibility index (Phi) is 9.86. The number of hydrogen-bond donors (Lipinski definition) is 0. The smallest absolute Gasteiger partial charge is 0.0502 e. The van der Waals surface area contributed by atoms with Crippen molar-refractivity contribution in [2.45, 2.75) is 79.6 Å².